The number of benzene rings is 2. The number of rotatable bonds is 5. The minimum Gasteiger partial charge on any atom is -0.286 e. The van der Waals surface area contributed by atoms with Gasteiger partial charge in [-0.05, 0) is 11.6 Å². The van der Waals surface area contributed by atoms with E-state index in [1.807, 2.05) is 0 Å². The number of nitro benzene ring substituents is 2. The number of hydrogen-bond donors (Lipinski definition) is 0. The molecule has 0 aromatic heterocycles. The molecule has 0 radical (unpaired) electrons. The van der Waals surface area contributed by atoms with Gasteiger partial charge in [0.2, 0.25) is 0 Å². The molecule has 27 heavy (non-hydrogen) atoms. The molecule has 0 atom stereocenters. The van der Waals surface area contributed by atoms with Crippen LogP contribution in [0.25, 0.3) is 0 Å². The van der Waals surface area contributed by atoms with Gasteiger partial charge >= 0.3 is 0 Å². The van der Waals surface area contributed by atoms with E-state index in [0.717, 1.165) is 5.56 Å². The standard InChI is InChI=1S/C17H14N4O5S/c22-16(13-4-2-6-15(10-13)21(25)26)19-8-7-18-17(19)27-11-12-3-1-5-14(9-12)20(23)24/h1-6,9-10H,7-8,11H2. The number of non-ortho nitro benzene ring substituents is 2. The summed E-state index contributed by atoms with van der Waals surface area (Å²) in [7, 11) is 0. The second-order valence-corrected chi connectivity index (χ2v) is 6.59. The van der Waals surface area contributed by atoms with Crippen LogP contribution in [0, 0.1) is 20.2 Å². The topological polar surface area (TPSA) is 119 Å². The molecule has 1 aliphatic heterocycles. The van der Waals surface area contributed by atoms with E-state index in [1.165, 1.54) is 53.1 Å². The summed E-state index contributed by atoms with van der Waals surface area (Å²) >= 11 is 1.30. The van der Waals surface area contributed by atoms with Gasteiger partial charge in [0.05, 0.1) is 16.4 Å². The van der Waals surface area contributed by atoms with Crippen LogP contribution in [0.2, 0.25) is 0 Å². The lowest BCUT2D eigenvalue weighted by Gasteiger charge is -2.17. The molecule has 0 aliphatic carbocycles. The molecule has 0 saturated carbocycles. The fourth-order valence-electron chi connectivity index (χ4n) is 2.55. The molecule has 0 bridgehead atoms. The van der Waals surface area contributed by atoms with Gasteiger partial charge in [-0.25, -0.2) is 0 Å². The van der Waals surface area contributed by atoms with Crippen LogP contribution in [0.15, 0.2) is 53.5 Å². The average molecular weight is 386 g/mol. The lowest BCUT2D eigenvalue weighted by molar-refractivity contribution is -0.385. The Morgan fingerprint density at radius 1 is 1.07 bits per heavy atom. The minimum atomic E-state index is -0.549. The summed E-state index contributed by atoms with van der Waals surface area (Å²) in [6, 6.07) is 11.8. The van der Waals surface area contributed by atoms with Gasteiger partial charge in [0.1, 0.15) is 0 Å². The number of nitro groups is 2. The fourth-order valence-corrected chi connectivity index (χ4v) is 3.54. The highest BCUT2D eigenvalue weighted by Gasteiger charge is 2.26. The van der Waals surface area contributed by atoms with E-state index >= 15 is 0 Å². The van der Waals surface area contributed by atoms with Crippen molar-refractivity contribution in [2.45, 2.75) is 5.75 Å². The molecule has 3 rings (SSSR count). The third-order valence-electron chi connectivity index (χ3n) is 3.84. The number of carbonyl (C=O) groups excluding carboxylic acids is 1. The first-order valence-corrected chi connectivity index (χ1v) is 8.91. The molecule has 1 heterocycles. The number of thioether (sulfide) groups is 1. The highest BCUT2D eigenvalue weighted by atomic mass is 32.2. The molecule has 10 heteroatoms. The maximum atomic E-state index is 12.7. The lowest BCUT2D eigenvalue weighted by atomic mass is 10.2. The Morgan fingerprint density at radius 2 is 1.74 bits per heavy atom. The Balaban J connectivity index is 1.71. The zero-order valence-electron chi connectivity index (χ0n) is 14.0. The monoisotopic (exact) mass is 386 g/mol. The van der Waals surface area contributed by atoms with Crippen LogP contribution in [-0.4, -0.2) is 38.9 Å². The summed E-state index contributed by atoms with van der Waals surface area (Å²) in [5, 5.41) is 22.3. The Morgan fingerprint density at radius 3 is 2.44 bits per heavy atom. The molecular weight excluding hydrogens is 372 g/mol. The van der Waals surface area contributed by atoms with Crippen LogP contribution in [0.3, 0.4) is 0 Å². The quantitative estimate of drug-likeness (QED) is 0.575. The Labute approximate surface area is 158 Å². The van der Waals surface area contributed by atoms with Crippen molar-refractivity contribution in [1.29, 1.82) is 0 Å². The second kappa shape index (κ2) is 7.96. The van der Waals surface area contributed by atoms with Crippen LogP contribution in [0.4, 0.5) is 11.4 Å². The predicted molar refractivity (Wildman–Crippen MR) is 101 cm³/mol. The van der Waals surface area contributed by atoms with E-state index in [2.05, 4.69) is 4.99 Å². The molecule has 0 saturated heterocycles. The zero-order chi connectivity index (χ0) is 19.4. The van der Waals surface area contributed by atoms with Gasteiger partial charge in [0, 0.05) is 42.1 Å². The molecule has 2 aromatic carbocycles. The lowest BCUT2D eigenvalue weighted by Crippen LogP contribution is -2.32. The fraction of sp³-hybridized carbons (Fsp3) is 0.176. The first-order chi connectivity index (χ1) is 13.0. The maximum Gasteiger partial charge on any atom is 0.270 e. The summed E-state index contributed by atoms with van der Waals surface area (Å²) in [6.45, 7) is 0.830. The van der Waals surface area contributed by atoms with E-state index in [-0.39, 0.29) is 22.8 Å². The van der Waals surface area contributed by atoms with E-state index in [4.69, 9.17) is 0 Å². The highest BCUT2D eigenvalue weighted by molar-refractivity contribution is 8.13. The van der Waals surface area contributed by atoms with Gasteiger partial charge in [0.25, 0.3) is 17.3 Å². The second-order valence-electron chi connectivity index (χ2n) is 5.64. The van der Waals surface area contributed by atoms with Crippen molar-refractivity contribution in [3.63, 3.8) is 0 Å². The number of hydrogen-bond acceptors (Lipinski definition) is 7. The predicted octanol–water partition coefficient (Wildman–Crippen LogP) is 3.25. The molecule has 1 aliphatic rings. The summed E-state index contributed by atoms with van der Waals surface area (Å²) < 4.78 is 0. The van der Waals surface area contributed by atoms with Crippen LogP contribution in [-0.2, 0) is 5.75 Å². The Kier molecular flexibility index (Phi) is 5.46. The third kappa shape index (κ3) is 4.29. The summed E-state index contributed by atoms with van der Waals surface area (Å²) in [5.41, 5.74) is 0.815. The van der Waals surface area contributed by atoms with Crippen LogP contribution in [0.1, 0.15) is 15.9 Å². The molecule has 0 fully saturated rings. The van der Waals surface area contributed by atoms with Crippen molar-refractivity contribution in [2.75, 3.05) is 13.1 Å². The van der Waals surface area contributed by atoms with E-state index in [0.29, 0.717) is 24.0 Å². The van der Waals surface area contributed by atoms with Crippen molar-refractivity contribution in [3.8, 4) is 0 Å². The molecule has 1 amide bonds. The summed E-state index contributed by atoms with van der Waals surface area (Å²) in [4.78, 5) is 39.2. The van der Waals surface area contributed by atoms with E-state index in [1.54, 1.807) is 12.1 Å². The van der Waals surface area contributed by atoms with Gasteiger partial charge in [-0.15, -0.1) is 0 Å². The van der Waals surface area contributed by atoms with Crippen LogP contribution < -0.4 is 0 Å². The van der Waals surface area contributed by atoms with Gasteiger partial charge in [-0.2, -0.15) is 0 Å². The first kappa shape index (κ1) is 18.5. The molecule has 9 nitrogen and oxygen atoms in total. The largest absolute Gasteiger partial charge is 0.286 e. The molecule has 0 unspecified atom stereocenters. The van der Waals surface area contributed by atoms with Crippen LogP contribution >= 0.6 is 11.8 Å². The van der Waals surface area contributed by atoms with Gasteiger partial charge in [0.15, 0.2) is 5.17 Å². The van der Waals surface area contributed by atoms with Gasteiger partial charge in [-0.1, -0.05) is 30.0 Å². The molecule has 0 spiro atoms. The van der Waals surface area contributed by atoms with Crippen molar-refractivity contribution in [2.24, 2.45) is 4.99 Å². The number of aliphatic imine (C=N–C) groups is 1. The summed E-state index contributed by atoms with van der Waals surface area (Å²) in [5.74, 6) is 0.0562. The number of amides is 1. The van der Waals surface area contributed by atoms with E-state index in [9.17, 15) is 25.0 Å². The SMILES string of the molecule is O=C(c1cccc([N+](=O)[O-])c1)N1CCN=C1SCc1cccc([N+](=O)[O-])c1. The molecular formula is C17H14N4O5S. The first-order valence-electron chi connectivity index (χ1n) is 7.92. The Hall–Kier alpha value is -3.27. The van der Waals surface area contributed by atoms with Gasteiger partial charge < -0.3 is 0 Å². The van der Waals surface area contributed by atoms with Crippen molar-refractivity contribution in [1.82, 2.24) is 4.90 Å². The van der Waals surface area contributed by atoms with Crippen LogP contribution in [0.5, 0.6) is 0 Å². The smallest absolute Gasteiger partial charge is 0.270 e. The highest BCUT2D eigenvalue weighted by Crippen LogP contribution is 2.24. The third-order valence-corrected chi connectivity index (χ3v) is 4.93. The minimum absolute atomic E-state index is 0.00554. The van der Waals surface area contributed by atoms with Crippen molar-refractivity contribution in [3.05, 3.63) is 79.9 Å². The molecule has 138 valence electrons. The molecule has 2 aromatic rings. The van der Waals surface area contributed by atoms with Crippen molar-refractivity contribution >= 4 is 34.2 Å². The average Bonchev–Trinajstić information content (AvgIpc) is 3.14. The van der Waals surface area contributed by atoms with Crippen molar-refractivity contribution < 1.29 is 14.6 Å². The molecule has 0 N–H and O–H groups in total. The number of amidine groups is 1. The number of nitrogens with zero attached hydrogens (tertiary/aromatic N) is 4. The van der Waals surface area contributed by atoms with E-state index < -0.39 is 9.85 Å². The maximum absolute atomic E-state index is 12.7. The normalized spacial score (nSPS) is 13.3. The summed E-state index contributed by atoms with van der Waals surface area (Å²) in [6.07, 6.45) is 0. The number of carbonyl (C=O) groups is 1. The van der Waals surface area contributed by atoms with Gasteiger partial charge in [-0.3, -0.25) is 34.9 Å². The zero-order valence-corrected chi connectivity index (χ0v) is 14.8. The Bertz CT molecular complexity index is 946.